The normalized spacial score (nSPS) is 20.4. The lowest BCUT2D eigenvalue weighted by molar-refractivity contribution is -0.0419. The molecule has 2 rings (SSSR count). The quantitative estimate of drug-likeness (QED) is 0.842. The predicted octanol–water partition coefficient (Wildman–Crippen LogP) is 3.10. The molecule has 4 nitrogen and oxygen atoms in total. The van der Waals surface area contributed by atoms with E-state index in [1.54, 1.807) is 4.68 Å². The average Bonchev–Trinajstić information content (AvgIpc) is 3.06. The Hall–Kier alpha value is -1.04. The van der Waals surface area contributed by atoms with E-state index in [9.17, 15) is 13.9 Å². The number of hydrogen-bond acceptors (Lipinski definition) is 3. The van der Waals surface area contributed by atoms with Crippen LogP contribution in [0, 0.1) is 11.3 Å². The molecule has 0 spiro atoms. The molecule has 0 saturated heterocycles. The second kappa shape index (κ2) is 7.29. The zero-order valence-electron chi connectivity index (χ0n) is 12.6. The molecule has 6 heteroatoms. The summed E-state index contributed by atoms with van der Waals surface area (Å²) < 4.78 is 28.0. The van der Waals surface area contributed by atoms with Gasteiger partial charge in [0, 0.05) is 0 Å². The summed E-state index contributed by atoms with van der Waals surface area (Å²) in [4.78, 5) is 3.91. The Labute approximate surface area is 124 Å². The molecule has 1 heterocycles. The first kappa shape index (κ1) is 16.3. The maximum Gasteiger partial charge on any atom is 0.137 e. The van der Waals surface area contributed by atoms with Crippen LogP contribution in [-0.4, -0.2) is 39.3 Å². The fourth-order valence-corrected chi connectivity index (χ4v) is 3.19. The van der Waals surface area contributed by atoms with Crippen LogP contribution >= 0.6 is 0 Å². The summed E-state index contributed by atoms with van der Waals surface area (Å²) in [5, 5.41) is 14.6. The first-order valence-electron chi connectivity index (χ1n) is 7.75. The largest absolute Gasteiger partial charge is 0.390 e. The zero-order chi connectivity index (χ0) is 15.3. The number of rotatable bonds is 7. The van der Waals surface area contributed by atoms with E-state index in [0.29, 0.717) is 12.3 Å². The van der Waals surface area contributed by atoms with Crippen LogP contribution in [0.4, 0.5) is 8.78 Å². The van der Waals surface area contributed by atoms with Gasteiger partial charge in [0.2, 0.25) is 0 Å². The number of aromatic nitrogens is 3. The Morgan fingerprint density at radius 3 is 2.48 bits per heavy atom. The van der Waals surface area contributed by atoms with E-state index in [2.05, 4.69) is 10.1 Å². The lowest BCUT2D eigenvalue weighted by atomic mass is 9.77. The molecule has 2 unspecified atom stereocenters. The Morgan fingerprint density at radius 1 is 1.29 bits per heavy atom. The number of halogens is 2. The molecule has 1 aliphatic rings. The van der Waals surface area contributed by atoms with Crippen molar-refractivity contribution in [2.75, 3.05) is 13.3 Å². The third kappa shape index (κ3) is 3.78. The van der Waals surface area contributed by atoms with Gasteiger partial charge in [0.25, 0.3) is 0 Å². The van der Waals surface area contributed by atoms with Crippen molar-refractivity contribution >= 4 is 0 Å². The number of alkyl halides is 2. The summed E-state index contributed by atoms with van der Waals surface area (Å²) >= 11 is 0. The zero-order valence-corrected chi connectivity index (χ0v) is 12.6. The van der Waals surface area contributed by atoms with E-state index in [1.807, 2.05) is 0 Å². The third-order valence-corrected chi connectivity index (χ3v) is 4.77. The highest BCUT2D eigenvalue weighted by molar-refractivity contribution is 4.90. The minimum atomic E-state index is -1.38. The standard InChI is InChI=1S/C15H25F2N3O/c1-15(8-16,9-17)14(21)13(20-11-18-10-19-20)7-12-5-3-2-4-6-12/h10-14,21H,2-9H2,1H3. The first-order valence-corrected chi connectivity index (χ1v) is 7.75. The van der Waals surface area contributed by atoms with Crippen molar-refractivity contribution in [1.82, 2.24) is 14.8 Å². The van der Waals surface area contributed by atoms with E-state index < -0.39 is 30.9 Å². The van der Waals surface area contributed by atoms with Gasteiger partial charge in [-0.15, -0.1) is 0 Å². The van der Waals surface area contributed by atoms with Gasteiger partial charge in [-0.05, 0) is 12.3 Å². The molecular formula is C15H25F2N3O. The molecule has 1 aromatic heterocycles. The average molecular weight is 301 g/mol. The molecule has 1 aromatic rings. The Morgan fingerprint density at radius 2 is 1.95 bits per heavy atom. The first-order chi connectivity index (χ1) is 10.1. The molecule has 2 atom stereocenters. The minimum absolute atomic E-state index is 0.424. The molecule has 1 aliphatic carbocycles. The van der Waals surface area contributed by atoms with Crippen LogP contribution in [0.1, 0.15) is 51.5 Å². The van der Waals surface area contributed by atoms with Crippen molar-refractivity contribution < 1.29 is 13.9 Å². The summed E-state index contributed by atoms with van der Waals surface area (Å²) in [6.07, 6.45) is 8.34. The van der Waals surface area contributed by atoms with Gasteiger partial charge >= 0.3 is 0 Å². The van der Waals surface area contributed by atoms with Crippen molar-refractivity contribution in [3.05, 3.63) is 12.7 Å². The fourth-order valence-electron chi connectivity index (χ4n) is 3.19. The van der Waals surface area contributed by atoms with Gasteiger partial charge in [0.15, 0.2) is 0 Å². The van der Waals surface area contributed by atoms with Crippen molar-refractivity contribution in [2.45, 2.75) is 57.6 Å². The van der Waals surface area contributed by atoms with Crippen LogP contribution in [-0.2, 0) is 0 Å². The van der Waals surface area contributed by atoms with E-state index >= 15 is 0 Å². The summed E-state index contributed by atoms with van der Waals surface area (Å²) in [6.45, 7) is -0.330. The van der Waals surface area contributed by atoms with Crippen LogP contribution in [0.2, 0.25) is 0 Å². The van der Waals surface area contributed by atoms with Gasteiger partial charge in [-0.25, -0.2) is 9.67 Å². The number of hydrogen-bond donors (Lipinski definition) is 1. The number of aliphatic hydroxyl groups excluding tert-OH is 1. The summed E-state index contributed by atoms with van der Waals surface area (Å²) in [7, 11) is 0. The molecule has 1 fully saturated rings. The minimum Gasteiger partial charge on any atom is -0.390 e. The van der Waals surface area contributed by atoms with Gasteiger partial charge < -0.3 is 5.11 Å². The molecule has 1 N–H and O–H groups in total. The topological polar surface area (TPSA) is 50.9 Å². The van der Waals surface area contributed by atoms with Gasteiger partial charge in [-0.3, -0.25) is 8.78 Å². The van der Waals surface area contributed by atoms with Crippen molar-refractivity contribution in [2.24, 2.45) is 11.3 Å². The summed E-state index contributed by atoms with van der Waals surface area (Å²) in [5.74, 6) is 0.478. The Bertz CT molecular complexity index is 403. The predicted molar refractivity (Wildman–Crippen MR) is 76.3 cm³/mol. The van der Waals surface area contributed by atoms with Gasteiger partial charge in [-0.1, -0.05) is 39.0 Å². The second-order valence-electron chi connectivity index (χ2n) is 6.55. The fraction of sp³-hybridized carbons (Fsp3) is 0.867. The lowest BCUT2D eigenvalue weighted by Crippen LogP contribution is -2.43. The molecule has 0 aliphatic heterocycles. The number of aliphatic hydroxyl groups is 1. The maximum absolute atomic E-state index is 13.2. The second-order valence-corrected chi connectivity index (χ2v) is 6.55. The highest BCUT2D eigenvalue weighted by Gasteiger charge is 2.40. The molecule has 0 bridgehead atoms. The molecule has 0 amide bonds. The Balaban J connectivity index is 2.15. The van der Waals surface area contributed by atoms with Gasteiger partial charge in [0.1, 0.15) is 12.7 Å². The van der Waals surface area contributed by atoms with E-state index in [0.717, 1.165) is 12.8 Å². The van der Waals surface area contributed by atoms with Crippen LogP contribution in [0.5, 0.6) is 0 Å². The van der Waals surface area contributed by atoms with Crippen molar-refractivity contribution in [3.8, 4) is 0 Å². The molecular weight excluding hydrogens is 276 g/mol. The molecule has 0 radical (unpaired) electrons. The molecule has 21 heavy (non-hydrogen) atoms. The van der Waals surface area contributed by atoms with E-state index in [1.165, 1.54) is 38.8 Å². The smallest absolute Gasteiger partial charge is 0.137 e. The van der Waals surface area contributed by atoms with Crippen LogP contribution in [0.15, 0.2) is 12.7 Å². The highest BCUT2D eigenvalue weighted by atomic mass is 19.1. The van der Waals surface area contributed by atoms with Crippen LogP contribution < -0.4 is 0 Å². The monoisotopic (exact) mass is 301 g/mol. The number of nitrogens with zero attached hydrogens (tertiary/aromatic N) is 3. The van der Waals surface area contributed by atoms with Crippen molar-refractivity contribution in [1.29, 1.82) is 0 Å². The van der Waals surface area contributed by atoms with Gasteiger partial charge in [0.05, 0.1) is 30.9 Å². The summed E-state index contributed by atoms with van der Waals surface area (Å²) in [5.41, 5.74) is -1.38. The van der Waals surface area contributed by atoms with Crippen LogP contribution in [0.3, 0.4) is 0 Å². The maximum atomic E-state index is 13.2. The van der Waals surface area contributed by atoms with E-state index in [-0.39, 0.29) is 0 Å². The summed E-state index contributed by atoms with van der Waals surface area (Å²) in [6, 6.07) is -0.424. The molecule has 120 valence electrons. The van der Waals surface area contributed by atoms with E-state index in [4.69, 9.17) is 0 Å². The van der Waals surface area contributed by atoms with Gasteiger partial charge in [-0.2, -0.15) is 5.10 Å². The van der Waals surface area contributed by atoms with Crippen LogP contribution in [0.25, 0.3) is 0 Å². The lowest BCUT2D eigenvalue weighted by Gasteiger charge is -2.36. The molecule has 0 aromatic carbocycles. The Kier molecular flexibility index (Phi) is 5.67. The highest BCUT2D eigenvalue weighted by Crippen LogP contribution is 2.37. The SMILES string of the molecule is CC(CF)(CF)C(O)C(CC1CCCCC1)n1cncn1. The molecule has 1 saturated carbocycles. The third-order valence-electron chi connectivity index (χ3n) is 4.77. The van der Waals surface area contributed by atoms with Crippen molar-refractivity contribution in [3.63, 3.8) is 0 Å².